The summed E-state index contributed by atoms with van der Waals surface area (Å²) in [5, 5.41) is 12.9. The predicted octanol–water partition coefficient (Wildman–Crippen LogP) is 0.187. The van der Waals surface area contributed by atoms with Crippen LogP contribution in [0.3, 0.4) is 0 Å². The van der Waals surface area contributed by atoms with Crippen molar-refractivity contribution in [1.82, 2.24) is 0 Å². The van der Waals surface area contributed by atoms with Crippen molar-refractivity contribution >= 4 is 43.1 Å². The second-order valence-corrected chi connectivity index (χ2v) is 7.89. The molecule has 2 aromatic carbocycles. The molecule has 0 bridgehead atoms. The number of benzene rings is 2. The fraction of sp³-hybridized carbons (Fsp3) is 0.0909. The molecule has 2 aromatic rings. The van der Waals surface area contributed by atoms with Gasteiger partial charge >= 0.3 is 0 Å². The number of hydrogen-bond acceptors (Lipinski definition) is 10. The van der Waals surface area contributed by atoms with Gasteiger partial charge in [-0.3, -0.25) is 5.04 Å². The fourth-order valence-electron chi connectivity index (χ4n) is 2.07. The average molecular weight is 379 g/mol. The third-order valence-electron chi connectivity index (χ3n) is 2.87. The van der Waals surface area contributed by atoms with Crippen molar-refractivity contribution in [2.45, 2.75) is 21.6 Å². The molecule has 23 heavy (non-hydrogen) atoms. The van der Waals surface area contributed by atoms with E-state index in [9.17, 15) is 31.2 Å². The SMILES string of the molecule is Cc1cc(S(=O)(=O)[O-])cc2cc(SOO[O-])cc(S(=O)(=O)[O-])c12. The largest absolute Gasteiger partial charge is 0.744 e. The van der Waals surface area contributed by atoms with E-state index in [0.717, 1.165) is 18.2 Å². The summed E-state index contributed by atoms with van der Waals surface area (Å²) in [6, 6.07) is 4.10. The minimum atomic E-state index is -4.91. The molecule has 0 aromatic heterocycles. The van der Waals surface area contributed by atoms with Crippen molar-refractivity contribution in [2.24, 2.45) is 0 Å². The summed E-state index contributed by atoms with van der Waals surface area (Å²) in [6.07, 6.45) is 0. The van der Waals surface area contributed by atoms with Crippen LogP contribution < -0.4 is 5.26 Å². The molecule has 0 aliphatic rings. The summed E-state index contributed by atoms with van der Waals surface area (Å²) in [7, 11) is -9.70. The van der Waals surface area contributed by atoms with E-state index in [1.54, 1.807) is 0 Å². The van der Waals surface area contributed by atoms with Gasteiger partial charge in [-0.05, 0) is 42.1 Å². The van der Waals surface area contributed by atoms with Crippen LogP contribution in [0, 0.1) is 6.92 Å². The first-order chi connectivity index (χ1) is 10.5. The molecule has 9 nitrogen and oxygen atoms in total. The molecule has 2 rings (SSSR count). The lowest BCUT2D eigenvalue weighted by molar-refractivity contribution is -0.777. The van der Waals surface area contributed by atoms with Crippen LogP contribution >= 0.6 is 12.0 Å². The Kier molecular flexibility index (Phi) is 4.98. The van der Waals surface area contributed by atoms with E-state index in [1.807, 2.05) is 0 Å². The first-order valence-corrected chi connectivity index (χ1v) is 9.23. The Labute approximate surface area is 135 Å². The highest BCUT2D eigenvalue weighted by Gasteiger charge is 2.15. The molecule has 0 heterocycles. The Morgan fingerprint density at radius 1 is 1.00 bits per heavy atom. The van der Waals surface area contributed by atoms with Crippen LogP contribution in [-0.4, -0.2) is 25.9 Å². The Morgan fingerprint density at radius 2 is 1.65 bits per heavy atom. The zero-order chi connectivity index (χ0) is 17.4. The van der Waals surface area contributed by atoms with Crippen molar-refractivity contribution in [3.8, 4) is 0 Å². The lowest BCUT2D eigenvalue weighted by Gasteiger charge is -2.17. The second-order valence-electron chi connectivity index (χ2n) is 4.39. The van der Waals surface area contributed by atoms with Gasteiger partial charge in [0.1, 0.15) is 20.2 Å². The third kappa shape index (κ3) is 3.99. The van der Waals surface area contributed by atoms with Crippen LogP contribution in [0.15, 0.2) is 39.0 Å². The molecule has 0 amide bonds. The minimum Gasteiger partial charge on any atom is -0.744 e. The van der Waals surface area contributed by atoms with Gasteiger partial charge in [0.25, 0.3) is 0 Å². The van der Waals surface area contributed by atoms with E-state index < -0.39 is 30.0 Å². The molecule has 0 aliphatic heterocycles. The molecular weight excluding hydrogens is 372 g/mol. The molecule has 0 spiro atoms. The highest BCUT2D eigenvalue weighted by Crippen LogP contribution is 2.34. The standard InChI is InChI=1S/C11H10O9S3/c1-6-2-9(22(13,14)15)4-7-3-8(21-20-19-12)5-10(11(6)7)23(16,17)18/h2-5,12H,1H3,(H,13,14,15)(H,16,17,18)/p-3. The van der Waals surface area contributed by atoms with Gasteiger partial charge in [-0.15, -0.1) is 0 Å². The normalized spacial score (nSPS) is 12.7. The summed E-state index contributed by atoms with van der Waals surface area (Å²) in [5.74, 6) is 0. The molecular formula is C11H7O9S3-3. The van der Waals surface area contributed by atoms with Crippen molar-refractivity contribution < 1.29 is 40.6 Å². The maximum absolute atomic E-state index is 11.4. The number of hydrogen-bond donors (Lipinski definition) is 0. The van der Waals surface area contributed by atoms with E-state index in [4.69, 9.17) is 0 Å². The lowest BCUT2D eigenvalue weighted by Crippen LogP contribution is -2.04. The zero-order valence-corrected chi connectivity index (χ0v) is 13.7. The first kappa shape index (κ1) is 18.1. The van der Waals surface area contributed by atoms with Gasteiger partial charge in [0.15, 0.2) is 0 Å². The Hall–Kier alpha value is -1.25. The molecule has 0 N–H and O–H groups in total. The smallest absolute Gasteiger partial charge is 0.125 e. The van der Waals surface area contributed by atoms with Gasteiger partial charge in [0, 0.05) is 10.3 Å². The molecule has 126 valence electrons. The third-order valence-corrected chi connectivity index (χ3v) is 5.10. The summed E-state index contributed by atoms with van der Waals surface area (Å²) in [5.41, 5.74) is 0.115. The number of aryl methyl sites for hydroxylation is 1. The van der Waals surface area contributed by atoms with Crippen LogP contribution in [0.1, 0.15) is 5.56 Å². The van der Waals surface area contributed by atoms with Gasteiger partial charge in [-0.1, -0.05) is 0 Å². The number of fused-ring (bicyclic) bond motifs is 1. The fourth-order valence-corrected chi connectivity index (χ4v) is 3.98. The molecule has 12 heteroatoms. The van der Waals surface area contributed by atoms with Gasteiger partial charge < -0.3 is 14.4 Å². The Morgan fingerprint density at radius 3 is 2.17 bits per heavy atom. The van der Waals surface area contributed by atoms with Crippen LogP contribution in [0.4, 0.5) is 0 Å². The molecule has 0 aliphatic carbocycles. The minimum absolute atomic E-state index is 0.00773. The maximum atomic E-state index is 11.4. The van der Waals surface area contributed by atoms with E-state index >= 15 is 0 Å². The van der Waals surface area contributed by atoms with Crippen molar-refractivity contribution in [2.75, 3.05) is 0 Å². The quantitative estimate of drug-likeness (QED) is 0.304. The molecule has 0 saturated heterocycles. The topological polar surface area (TPSA) is 156 Å². The molecule has 0 fully saturated rings. The van der Waals surface area contributed by atoms with Crippen molar-refractivity contribution in [1.29, 1.82) is 0 Å². The highest BCUT2D eigenvalue weighted by atomic mass is 32.2. The van der Waals surface area contributed by atoms with Gasteiger partial charge in [-0.25, -0.2) is 16.8 Å². The van der Waals surface area contributed by atoms with E-state index in [0.29, 0.717) is 12.0 Å². The van der Waals surface area contributed by atoms with Gasteiger partial charge in [0.2, 0.25) is 0 Å². The summed E-state index contributed by atoms with van der Waals surface area (Å²) < 4.78 is 71.8. The zero-order valence-electron chi connectivity index (χ0n) is 11.2. The van der Waals surface area contributed by atoms with Gasteiger partial charge in [0.05, 0.1) is 21.8 Å². The summed E-state index contributed by atoms with van der Waals surface area (Å²) in [6.45, 7) is 1.36. The molecule has 0 unspecified atom stereocenters. The molecule has 0 radical (unpaired) electrons. The van der Waals surface area contributed by atoms with E-state index in [-0.39, 0.29) is 21.2 Å². The summed E-state index contributed by atoms with van der Waals surface area (Å²) >= 11 is 0.319. The van der Waals surface area contributed by atoms with Crippen LogP contribution in [0.5, 0.6) is 0 Å². The second kappa shape index (κ2) is 6.33. The Bertz CT molecular complexity index is 964. The van der Waals surface area contributed by atoms with Crippen LogP contribution in [-0.2, 0) is 29.6 Å². The number of rotatable bonds is 5. The predicted molar refractivity (Wildman–Crippen MR) is 72.6 cm³/mol. The average Bonchev–Trinajstić information content (AvgIpc) is 2.41. The van der Waals surface area contributed by atoms with E-state index in [2.05, 4.69) is 9.37 Å². The van der Waals surface area contributed by atoms with Crippen LogP contribution in [0.25, 0.3) is 10.8 Å². The summed E-state index contributed by atoms with van der Waals surface area (Å²) in [4.78, 5) is -1.23. The monoisotopic (exact) mass is 379 g/mol. The highest BCUT2D eigenvalue weighted by molar-refractivity contribution is 7.94. The maximum Gasteiger partial charge on any atom is 0.125 e. The lowest BCUT2D eigenvalue weighted by atomic mass is 10.1. The van der Waals surface area contributed by atoms with E-state index in [1.165, 1.54) is 13.0 Å². The first-order valence-electron chi connectivity index (χ1n) is 5.67. The Balaban J connectivity index is 2.87. The van der Waals surface area contributed by atoms with Crippen molar-refractivity contribution in [3.63, 3.8) is 0 Å². The van der Waals surface area contributed by atoms with Gasteiger partial charge in [-0.2, -0.15) is 4.33 Å². The molecule has 0 saturated carbocycles. The molecule has 0 atom stereocenters. The van der Waals surface area contributed by atoms with Crippen molar-refractivity contribution in [3.05, 3.63) is 29.8 Å². The van der Waals surface area contributed by atoms with Crippen LogP contribution in [0.2, 0.25) is 0 Å².